The van der Waals surface area contributed by atoms with E-state index in [0.29, 0.717) is 5.65 Å². The molecule has 0 spiro atoms. The highest BCUT2D eigenvalue weighted by Gasteiger charge is 2.38. The van der Waals surface area contributed by atoms with E-state index in [1.165, 1.54) is 0 Å². The Labute approximate surface area is 160 Å². The molecule has 6 nitrogen and oxygen atoms in total. The largest absolute Gasteiger partial charge is 0.491 e. The first-order valence-corrected chi connectivity index (χ1v) is 8.44. The fourth-order valence-electron chi connectivity index (χ4n) is 1.97. The Morgan fingerprint density at radius 3 is 2.37 bits per heavy atom. The van der Waals surface area contributed by atoms with Gasteiger partial charge in [-0.15, -0.1) is 0 Å². The number of aromatic amines is 1. The second-order valence-corrected chi connectivity index (χ2v) is 6.52. The third kappa shape index (κ3) is 5.95. The van der Waals surface area contributed by atoms with Gasteiger partial charge in [-0.25, -0.2) is 14.8 Å². The lowest BCUT2D eigenvalue weighted by atomic mass is 10.2. The molecule has 2 aromatic heterocycles. The van der Waals surface area contributed by atoms with Crippen LogP contribution in [0, 0.1) is 0 Å². The number of alkyl halides is 3. The Hall–Kier alpha value is -2.62. The highest BCUT2D eigenvalue weighted by atomic mass is 79.9. The molecule has 0 fully saturated rings. The molecule has 2 heterocycles. The number of fused-ring (bicyclic) bond motifs is 1. The Bertz CT molecular complexity index is 925. The quantitative estimate of drug-likeness (QED) is 0.603. The van der Waals surface area contributed by atoms with Crippen molar-refractivity contribution in [1.82, 2.24) is 15.0 Å². The minimum Gasteiger partial charge on any atom is -0.491 e. The first-order chi connectivity index (χ1) is 12.6. The van der Waals surface area contributed by atoms with Crippen molar-refractivity contribution < 1.29 is 27.8 Å². The Balaban J connectivity index is 0.000000321. The summed E-state index contributed by atoms with van der Waals surface area (Å²) < 4.78 is 38.3. The fraction of sp³-hybridized carbons (Fsp3) is 0.235. The highest BCUT2D eigenvalue weighted by molar-refractivity contribution is 9.10. The first kappa shape index (κ1) is 20.7. The van der Waals surface area contributed by atoms with E-state index in [0.717, 1.165) is 27.1 Å². The number of pyridine rings is 1. The van der Waals surface area contributed by atoms with Crippen LogP contribution in [0.2, 0.25) is 0 Å². The maximum atomic E-state index is 10.6. The third-order valence-corrected chi connectivity index (χ3v) is 3.48. The zero-order chi connectivity index (χ0) is 20.2. The molecule has 0 aliphatic rings. The lowest BCUT2D eigenvalue weighted by Crippen LogP contribution is -2.21. The number of rotatable bonds is 3. The first-order valence-electron chi connectivity index (χ1n) is 7.64. The van der Waals surface area contributed by atoms with Crippen LogP contribution in [0.5, 0.6) is 5.75 Å². The molecule has 27 heavy (non-hydrogen) atoms. The van der Waals surface area contributed by atoms with Gasteiger partial charge >= 0.3 is 12.1 Å². The SMILES string of the molecule is CC(C)Oc1ccc(-c2nc3ncc(Br)cc3[nH]2)cc1.O=C(O)C(F)(F)F. The molecule has 2 N–H and O–H groups in total. The number of carboxylic acids is 1. The highest BCUT2D eigenvalue weighted by Crippen LogP contribution is 2.23. The van der Waals surface area contributed by atoms with Gasteiger partial charge in [-0.2, -0.15) is 13.2 Å². The zero-order valence-corrected chi connectivity index (χ0v) is 15.8. The Kier molecular flexibility index (Phi) is 6.42. The van der Waals surface area contributed by atoms with Crippen molar-refractivity contribution in [2.75, 3.05) is 0 Å². The van der Waals surface area contributed by atoms with Gasteiger partial charge in [0.05, 0.1) is 11.6 Å². The van der Waals surface area contributed by atoms with Crippen molar-refractivity contribution in [3.05, 3.63) is 41.0 Å². The summed E-state index contributed by atoms with van der Waals surface area (Å²) in [5, 5.41) is 7.12. The second-order valence-electron chi connectivity index (χ2n) is 5.60. The van der Waals surface area contributed by atoms with Crippen molar-refractivity contribution in [2.45, 2.75) is 26.1 Å². The third-order valence-electron chi connectivity index (χ3n) is 3.05. The van der Waals surface area contributed by atoms with Gasteiger partial charge in [-0.1, -0.05) is 0 Å². The minimum absolute atomic E-state index is 0.175. The molecule has 0 radical (unpaired) electrons. The van der Waals surface area contributed by atoms with Crippen LogP contribution in [0.25, 0.3) is 22.6 Å². The molecule has 0 amide bonds. The summed E-state index contributed by atoms with van der Waals surface area (Å²) in [5.41, 5.74) is 2.64. The number of carboxylic acid groups (broad SMARTS) is 1. The summed E-state index contributed by atoms with van der Waals surface area (Å²) in [6.45, 7) is 4.02. The van der Waals surface area contributed by atoms with Gasteiger partial charge in [-0.3, -0.25) is 0 Å². The van der Waals surface area contributed by atoms with E-state index in [2.05, 4.69) is 30.9 Å². The molecule has 0 atom stereocenters. The molecule has 0 aliphatic heterocycles. The van der Waals surface area contributed by atoms with Crippen molar-refractivity contribution >= 4 is 33.1 Å². The van der Waals surface area contributed by atoms with Crippen molar-refractivity contribution in [3.8, 4) is 17.1 Å². The zero-order valence-electron chi connectivity index (χ0n) is 14.2. The Morgan fingerprint density at radius 2 is 1.85 bits per heavy atom. The summed E-state index contributed by atoms with van der Waals surface area (Å²) in [6.07, 6.45) is -3.17. The molecule has 3 aromatic rings. The molecule has 10 heteroatoms. The average Bonchev–Trinajstić information content (AvgIpc) is 2.97. The van der Waals surface area contributed by atoms with Crippen molar-refractivity contribution in [2.24, 2.45) is 0 Å². The topological polar surface area (TPSA) is 88.1 Å². The molecule has 0 saturated carbocycles. The predicted octanol–water partition coefficient (Wildman–Crippen LogP) is 4.81. The number of ether oxygens (including phenoxy) is 1. The molecule has 1 aromatic carbocycles. The number of aromatic nitrogens is 3. The van der Waals surface area contributed by atoms with Crippen LogP contribution < -0.4 is 4.74 Å². The van der Waals surface area contributed by atoms with E-state index in [1.54, 1.807) is 6.20 Å². The maximum Gasteiger partial charge on any atom is 0.490 e. The average molecular weight is 446 g/mol. The van der Waals surface area contributed by atoms with E-state index < -0.39 is 12.1 Å². The number of imidazole rings is 1. The predicted molar refractivity (Wildman–Crippen MR) is 96.5 cm³/mol. The van der Waals surface area contributed by atoms with Crippen molar-refractivity contribution in [3.63, 3.8) is 0 Å². The summed E-state index contributed by atoms with van der Waals surface area (Å²) in [4.78, 5) is 20.9. The number of aliphatic carboxylic acids is 1. The van der Waals surface area contributed by atoms with Crippen LogP contribution in [0.1, 0.15) is 13.8 Å². The summed E-state index contributed by atoms with van der Waals surface area (Å²) in [5.74, 6) is -1.09. The van der Waals surface area contributed by atoms with Gasteiger partial charge in [0.15, 0.2) is 5.65 Å². The summed E-state index contributed by atoms with van der Waals surface area (Å²) >= 11 is 3.40. The van der Waals surface area contributed by atoms with E-state index >= 15 is 0 Å². The van der Waals surface area contributed by atoms with Gasteiger partial charge in [0, 0.05) is 16.2 Å². The van der Waals surface area contributed by atoms with E-state index in [1.807, 2.05) is 44.2 Å². The van der Waals surface area contributed by atoms with E-state index in [9.17, 15) is 13.2 Å². The van der Waals surface area contributed by atoms with Gasteiger partial charge in [-0.05, 0) is 60.1 Å². The molecule has 0 aliphatic carbocycles. The second kappa shape index (κ2) is 8.38. The maximum absolute atomic E-state index is 10.6. The number of hydrogen-bond acceptors (Lipinski definition) is 4. The number of nitrogens with one attached hydrogen (secondary N) is 1. The minimum atomic E-state index is -5.08. The van der Waals surface area contributed by atoms with Gasteiger partial charge in [0.1, 0.15) is 11.6 Å². The monoisotopic (exact) mass is 445 g/mol. The lowest BCUT2D eigenvalue weighted by molar-refractivity contribution is -0.192. The molecule has 0 saturated heterocycles. The number of H-pyrrole nitrogens is 1. The van der Waals surface area contributed by atoms with Crippen LogP contribution in [0.3, 0.4) is 0 Å². The lowest BCUT2D eigenvalue weighted by Gasteiger charge is -2.09. The number of hydrogen-bond donors (Lipinski definition) is 2. The number of carbonyl (C=O) groups is 1. The van der Waals surface area contributed by atoms with E-state index in [4.69, 9.17) is 14.6 Å². The van der Waals surface area contributed by atoms with Crippen LogP contribution in [-0.4, -0.2) is 38.3 Å². The molecular formula is C17H15BrF3N3O3. The van der Waals surface area contributed by atoms with E-state index in [-0.39, 0.29) is 6.10 Å². The standard InChI is InChI=1S/C15H14BrN3O.C2HF3O2/c1-9(2)20-12-5-3-10(4-6-12)14-18-13-7-11(16)8-17-15(13)19-14;3-2(4,5)1(6)7/h3-9H,1-2H3,(H,17,18,19);(H,6,7). The number of benzene rings is 1. The van der Waals surface area contributed by atoms with Gasteiger partial charge in [0.2, 0.25) is 0 Å². The summed E-state index contributed by atoms with van der Waals surface area (Å²) in [7, 11) is 0. The molecular weight excluding hydrogens is 431 g/mol. The van der Waals surface area contributed by atoms with Crippen LogP contribution in [0.15, 0.2) is 41.0 Å². The fourth-order valence-corrected chi connectivity index (χ4v) is 2.31. The van der Waals surface area contributed by atoms with Crippen molar-refractivity contribution in [1.29, 1.82) is 0 Å². The smallest absolute Gasteiger partial charge is 0.490 e. The number of nitrogens with zero attached hydrogens (tertiary/aromatic N) is 2. The van der Waals surface area contributed by atoms with Gasteiger partial charge < -0.3 is 14.8 Å². The molecule has 3 rings (SSSR count). The molecule has 0 bridgehead atoms. The summed E-state index contributed by atoms with van der Waals surface area (Å²) in [6, 6.07) is 9.85. The molecule has 0 unspecified atom stereocenters. The van der Waals surface area contributed by atoms with Gasteiger partial charge in [0.25, 0.3) is 0 Å². The number of halogens is 4. The van der Waals surface area contributed by atoms with Crippen LogP contribution >= 0.6 is 15.9 Å². The Morgan fingerprint density at radius 1 is 1.26 bits per heavy atom. The molecule has 144 valence electrons. The van der Waals surface area contributed by atoms with Crippen LogP contribution in [0.4, 0.5) is 13.2 Å². The normalized spacial score (nSPS) is 11.2. The van der Waals surface area contributed by atoms with Crippen LogP contribution in [-0.2, 0) is 4.79 Å².